The van der Waals surface area contributed by atoms with E-state index >= 15 is 0 Å². The average Bonchev–Trinajstić information content (AvgIpc) is 3.70. The van der Waals surface area contributed by atoms with Gasteiger partial charge in [0, 0.05) is 24.6 Å². The highest BCUT2D eigenvalue weighted by atomic mass is 16.5. The van der Waals surface area contributed by atoms with Crippen molar-refractivity contribution in [2.75, 3.05) is 19.8 Å². The average molecular weight is 493 g/mol. The molecule has 2 aliphatic carbocycles. The largest absolute Gasteiger partial charge is 0.487 e. The van der Waals surface area contributed by atoms with Crippen molar-refractivity contribution in [3.63, 3.8) is 0 Å². The Balaban J connectivity index is 1.25. The van der Waals surface area contributed by atoms with Gasteiger partial charge in [-0.1, -0.05) is 49.4 Å². The van der Waals surface area contributed by atoms with Crippen molar-refractivity contribution in [1.29, 1.82) is 0 Å². The first-order valence-electron chi connectivity index (χ1n) is 13.7. The number of carbonyl (C=O) groups excluding carboxylic acids is 1. The molecule has 3 N–H and O–H groups in total. The lowest BCUT2D eigenvalue weighted by molar-refractivity contribution is -0.127. The van der Waals surface area contributed by atoms with Crippen LogP contribution >= 0.6 is 0 Å². The summed E-state index contributed by atoms with van der Waals surface area (Å²) in [6.07, 6.45) is 7.45. The maximum absolute atomic E-state index is 12.6. The topological polar surface area (TPSA) is 79.8 Å². The molecule has 1 amide bonds. The Morgan fingerprint density at radius 3 is 2.67 bits per heavy atom. The minimum Gasteiger partial charge on any atom is -0.487 e. The third-order valence-corrected chi connectivity index (χ3v) is 7.99. The third kappa shape index (κ3) is 6.28. The fourth-order valence-corrected chi connectivity index (χ4v) is 5.41. The molecule has 1 aliphatic heterocycles. The van der Waals surface area contributed by atoms with E-state index in [1.54, 1.807) is 0 Å². The van der Waals surface area contributed by atoms with Crippen LogP contribution in [0, 0.1) is 5.92 Å². The van der Waals surface area contributed by atoms with Gasteiger partial charge >= 0.3 is 0 Å². The number of aliphatic hydroxyl groups is 1. The molecule has 0 saturated heterocycles. The van der Waals surface area contributed by atoms with Crippen molar-refractivity contribution >= 4 is 5.91 Å². The summed E-state index contributed by atoms with van der Waals surface area (Å²) >= 11 is 0. The third-order valence-electron chi connectivity index (χ3n) is 7.99. The van der Waals surface area contributed by atoms with Gasteiger partial charge < -0.3 is 25.2 Å². The van der Waals surface area contributed by atoms with Crippen LogP contribution in [-0.4, -0.2) is 48.5 Å². The Bertz CT molecular complexity index is 1020. The minimum absolute atomic E-state index is 0.0393. The summed E-state index contributed by atoms with van der Waals surface area (Å²) in [6.45, 7) is 3.23. The van der Waals surface area contributed by atoms with Gasteiger partial charge in [0.25, 0.3) is 0 Å². The number of hydrogen-bond acceptors (Lipinski definition) is 5. The Kier molecular flexibility index (Phi) is 7.94. The van der Waals surface area contributed by atoms with Crippen LogP contribution in [0.5, 0.6) is 5.75 Å². The van der Waals surface area contributed by atoms with Gasteiger partial charge in [-0.25, -0.2) is 0 Å². The SMILES string of the molecule is CCc1ccc2c(c1)[C@@H](NC[C@@H](O)[C@H](Cc1ccccc1)NC(=O)COCC1CC1)CC1(CCC1)O2. The van der Waals surface area contributed by atoms with Crippen molar-refractivity contribution in [3.8, 4) is 5.75 Å². The first-order valence-corrected chi connectivity index (χ1v) is 13.7. The van der Waals surface area contributed by atoms with E-state index in [4.69, 9.17) is 9.47 Å². The highest BCUT2D eigenvalue weighted by Gasteiger charge is 2.45. The van der Waals surface area contributed by atoms with Crippen LogP contribution in [0.25, 0.3) is 0 Å². The number of fused-ring (bicyclic) bond motifs is 1. The van der Waals surface area contributed by atoms with E-state index in [1.165, 1.54) is 30.4 Å². The minimum atomic E-state index is -0.740. The molecule has 36 heavy (non-hydrogen) atoms. The number of nitrogens with one attached hydrogen (secondary N) is 2. The van der Waals surface area contributed by atoms with Crippen LogP contribution in [-0.2, 0) is 22.4 Å². The molecule has 1 heterocycles. The van der Waals surface area contributed by atoms with E-state index in [2.05, 4.69) is 35.8 Å². The maximum atomic E-state index is 12.6. The van der Waals surface area contributed by atoms with Crippen LogP contribution < -0.4 is 15.4 Å². The molecule has 6 nitrogen and oxygen atoms in total. The van der Waals surface area contributed by atoms with Crippen molar-refractivity contribution in [2.24, 2.45) is 5.92 Å². The molecule has 5 rings (SSSR count). The van der Waals surface area contributed by atoms with Crippen LogP contribution in [0.15, 0.2) is 48.5 Å². The summed E-state index contributed by atoms with van der Waals surface area (Å²) in [4.78, 5) is 12.6. The molecule has 3 atom stereocenters. The van der Waals surface area contributed by atoms with Gasteiger partial charge in [0.15, 0.2) is 0 Å². The Hall–Kier alpha value is -2.41. The zero-order chi connectivity index (χ0) is 25.0. The monoisotopic (exact) mass is 492 g/mol. The molecule has 2 aromatic rings. The number of rotatable bonds is 12. The Morgan fingerprint density at radius 2 is 1.97 bits per heavy atom. The van der Waals surface area contributed by atoms with Crippen molar-refractivity contribution in [1.82, 2.24) is 10.6 Å². The first-order chi connectivity index (χ1) is 17.5. The molecule has 2 aromatic carbocycles. The second-order valence-electron chi connectivity index (χ2n) is 10.9. The van der Waals surface area contributed by atoms with Crippen molar-refractivity contribution in [2.45, 2.75) is 82.1 Å². The standard InChI is InChI=1S/C30H40N2O4/c1-2-21-11-12-28-24(15-21)26(17-30(36-28)13-6-14-30)31-18-27(33)25(16-22-7-4-3-5-8-22)32-29(34)20-35-19-23-9-10-23/h3-5,7-8,11-12,15,23,25-27,31,33H,2,6,9-10,13-14,16-20H2,1H3,(H,32,34)/t25-,26-,27+/m0/s1. The first kappa shape index (κ1) is 25.2. The fourth-order valence-electron chi connectivity index (χ4n) is 5.41. The molecule has 1 spiro atoms. The summed E-state index contributed by atoms with van der Waals surface area (Å²) in [5, 5.41) is 18.0. The molecular weight excluding hydrogens is 452 g/mol. The van der Waals surface area contributed by atoms with Crippen LogP contribution in [0.4, 0.5) is 0 Å². The lowest BCUT2D eigenvalue weighted by Crippen LogP contribution is -2.52. The highest BCUT2D eigenvalue weighted by Crippen LogP contribution is 2.49. The van der Waals surface area contributed by atoms with E-state index in [0.29, 0.717) is 25.5 Å². The number of ether oxygens (including phenoxy) is 2. The van der Waals surface area contributed by atoms with Crippen LogP contribution in [0.1, 0.15) is 68.2 Å². The number of hydrogen-bond donors (Lipinski definition) is 3. The van der Waals surface area contributed by atoms with Gasteiger partial charge in [0.1, 0.15) is 18.0 Å². The normalized spacial score (nSPS) is 21.7. The summed E-state index contributed by atoms with van der Waals surface area (Å²) in [7, 11) is 0. The van der Waals surface area contributed by atoms with E-state index in [0.717, 1.165) is 37.0 Å². The van der Waals surface area contributed by atoms with E-state index in [1.807, 2.05) is 30.3 Å². The molecule has 194 valence electrons. The molecular formula is C30H40N2O4. The zero-order valence-corrected chi connectivity index (χ0v) is 21.4. The number of aliphatic hydroxyl groups excluding tert-OH is 1. The predicted octanol–water partition coefficient (Wildman–Crippen LogP) is 4.10. The molecule has 2 fully saturated rings. The molecule has 3 aliphatic rings. The lowest BCUT2D eigenvalue weighted by Gasteiger charge is -2.48. The van der Waals surface area contributed by atoms with Gasteiger partial charge in [-0.15, -0.1) is 0 Å². The summed E-state index contributed by atoms with van der Waals surface area (Å²) in [5.41, 5.74) is 3.46. The lowest BCUT2D eigenvalue weighted by atomic mass is 9.72. The maximum Gasteiger partial charge on any atom is 0.246 e. The van der Waals surface area contributed by atoms with E-state index < -0.39 is 12.1 Å². The predicted molar refractivity (Wildman–Crippen MR) is 140 cm³/mol. The summed E-state index contributed by atoms with van der Waals surface area (Å²) in [6, 6.07) is 16.2. The van der Waals surface area contributed by atoms with E-state index in [9.17, 15) is 9.90 Å². The summed E-state index contributed by atoms with van der Waals surface area (Å²) in [5.74, 6) is 1.40. The number of benzene rings is 2. The number of amides is 1. The van der Waals surface area contributed by atoms with Gasteiger partial charge in [-0.05, 0) is 68.1 Å². The van der Waals surface area contributed by atoms with Crippen LogP contribution in [0.3, 0.4) is 0 Å². The number of carbonyl (C=O) groups is 1. The van der Waals surface area contributed by atoms with Crippen molar-refractivity contribution in [3.05, 3.63) is 65.2 Å². The second kappa shape index (κ2) is 11.3. The molecule has 6 heteroatoms. The Labute approximate surface area is 214 Å². The van der Waals surface area contributed by atoms with Crippen LogP contribution in [0.2, 0.25) is 0 Å². The highest BCUT2D eigenvalue weighted by molar-refractivity contribution is 5.77. The molecule has 2 saturated carbocycles. The van der Waals surface area contributed by atoms with Gasteiger partial charge in [-0.3, -0.25) is 4.79 Å². The Morgan fingerprint density at radius 1 is 1.17 bits per heavy atom. The quantitative estimate of drug-likeness (QED) is 0.416. The van der Waals surface area contributed by atoms with E-state index in [-0.39, 0.29) is 24.2 Å². The fraction of sp³-hybridized carbons (Fsp3) is 0.567. The molecule has 0 radical (unpaired) electrons. The zero-order valence-electron chi connectivity index (χ0n) is 21.4. The van der Waals surface area contributed by atoms with Gasteiger partial charge in [-0.2, -0.15) is 0 Å². The molecule has 0 unspecified atom stereocenters. The van der Waals surface area contributed by atoms with Crippen molar-refractivity contribution < 1.29 is 19.4 Å². The second-order valence-corrected chi connectivity index (χ2v) is 10.9. The number of aryl methyl sites for hydroxylation is 1. The van der Waals surface area contributed by atoms with Gasteiger partial charge in [0.2, 0.25) is 5.91 Å². The molecule has 0 bridgehead atoms. The molecule has 0 aromatic heterocycles. The van der Waals surface area contributed by atoms with Gasteiger partial charge in [0.05, 0.1) is 18.8 Å². The smallest absolute Gasteiger partial charge is 0.246 e. The summed E-state index contributed by atoms with van der Waals surface area (Å²) < 4.78 is 12.0.